The van der Waals surface area contributed by atoms with Crippen LogP contribution >= 0.6 is 0 Å². The van der Waals surface area contributed by atoms with Crippen molar-refractivity contribution in [2.75, 3.05) is 17.6 Å². The highest BCUT2D eigenvalue weighted by Crippen LogP contribution is 2.22. The van der Waals surface area contributed by atoms with Crippen molar-refractivity contribution in [1.29, 1.82) is 0 Å². The second-order valence-corrected chi connectivity index (χ2v) is 5.86. The van der Waals surface area contributed by atoms with Crippen molar-refractivity contribution in [2.24, 2.45) is 5.14 Å². The minimum absolute atomic E-state index is 0.0945. The molecule has 0 saturated heterocycles. The molecule has 1 heterocycles. The van der Waals surface area contributed by atoms with E-state index in [1.165, 1.54) is 0 Å². The summed E-state index contributed by atoms with van der Waals surface area (Å²) in [5, 5.41) is 9.02. The van der Waals surface area contributed by atoms with Gasteiger partial charge in [-0.2, -0.15) is 0 Å². The third-order valence-electron chi connectivity index (χ3n) is 2.55. The van der Waals surface area contributed by atoms with Gasteiger partial charge in [0.05, 0.1) is 11.3 Å². The van der Waals surface area contributed by atoms with Crippen LogP contribution in [0.25, 0.3) is 10.9 Å². The lowest BCUT2D eigenvalue weighted by molar-refractivity contribution is 0.598. The largest absolute Gasteiger partial charge is 0.383 e. The van der Waals surface area contributed by atoms with E-state index in [0.29, 0.717) is 0 Å². The van der Waals surface area contributed by atoms with Gasteiger partial charge in [-0.1, -0.05) is 18.2 Å². The number of nitrogens with two attached hydrogens (primary N) is 1. The van der Waals surface area contributed by atoms with Gasteiger partial charge in [-0.15, -0.1) is 0 Å². The number of sulfonamides is 1. The predicted octanol–water partition coefficient (Wildman–Crippen LogP) is 1.24. The molecule has 1 aromatic carbocycles. The van der Waals surface area contributed by atoms with E-state index in [0.717, 1.165) is 22.3 Å². The van der Waals surface area contributed by atoms with Gasteiger partial charge < -0.3 is 5.32 Å². The third-order valence-corrected chi connectivity index (χ3v) is 3.32. The van der Waals surface area contributed by atoms with Gasteiger partial charge in [0.2, 0.25) is 10.0 Å². The molecule has 0 aliphatic rings. The number of fused-ring (bicyclic) bond motifs is 1. The topological polar surface area (TPSA) is 85.1 Å². The number of hydrogen-bond acceptors (Lipinski definition) is 4. The highest BCUT2D eigenvalue weighted by molar-refractivity contribution is 7.89. The van der Waals surface area contributed by atoms with Gasteiger partial charge in [0.25, 0.3) is 0 Å². The first-order valence-electron chi connectivity index (χ1n) is 5.56. The molecule has 0 amide bonds. The van der Waals surface area contributed by atoms with Gasteiger partial charge >= 0.3 is 0 Å². The van der Waals surface area contributed by atoms with Crippen LogP contribution in [0.3, 0.4) is 0 Å². The molecular weight excluding hydrogens is 250 g/mol. The molecule has 1 aromatic heterocycles. The maximum Gasteiger partial charge on any atom is 0.210 e. The summed E-state index contributed by atoms with van der Waals surface area (Å²) in [5.74, 6) is -0.0945. The zero-order valence-corrected chi connectivity index (χ0v) is 10.9. The Morgan fingerprint density at radius 2 is 2.06 bits per heavy atom. The summed E-state index contributed by atoms with van der Waals surface area (Å²) in [6.07, 6.45) is 0. The minimum Gasteiger partial charge on any atom is -0.383 e. The van der Waals surface area contributed by atoms with Crippen molar-refractivity contribution in [2.45, 2.75) is 6.92 Å². The van der Waals surface area contributed by atoms with Gasteiger partial charge in [0.15, 0.2) is 0 Å². The predicted molar refractivity (Wildman–Crippen MR) is 72.9 cm³/mol. The summed E-state index contributed by atoms with van der Waals surface area (Å²) in [6.45, 7) is 2.18. The van der Waals surface area contributed by atoms with Crippen LogP contribution in [0, 0.1) is 6.92 Å². The Morgan fingerprint density at radius 1 is 1.33 bits per heavy atom. The lowest BCUT2D eigenvalue weighted by Crippen LogP contribution is -2.22. The standard InChI is InChI=1S/C12H15N3O2S/c1-9-8-12(14-6-7-18(13,16)17)10-4-2-3-5-11(10)15-9/h2-5,8H,6-7H2,1H3,(H,14,15)(H2,13,16,17). The number of primary sulfonamides is 1. The van der Waals surface area contributed by atoms with Crippen LogP contribution in [0.2, 0.25) is 0 Å². The molecule has 18 heavy (non-hydrogen) atoms. The van der Waals surface area contributed by atoms with Gasteiger partial charge in [-0.05, 0) is 19.1 Å². The van der Waals surface area contributed by atoms with Crippen molar-refractivity contribution in [3.63, 3.8) is 0 Å². The fourth-order valence-electron chi connectivity index (χ4n) is 1.78. The molecule has 0 bridgehead atoms. The number of hydrogen-bond donors (Lipinski definition) is 2. The summed E-state index contributed by atoms with van der Waals surface area (Å²) < 4.78 is 21.8. The van der Waals surface area contributed by atoms with Crippen molar-refractivity contribution >= 4 is 26.6 Å². The van der Waals surface area contributed by atoms with Crippen LogP contribution in [-0.2, 0) is 10.0 Å². The Kier molecular flexibility index (Phi) is 3.49. The minimum atomic E-state index is -3.44. The smallest absolute Gasteiger partial charge is 0.210 e. The number of aromatic nitrogens is 1. The molecule has 0 aliphatic heterocycles. The second kappa shape index (κ2) is 4.91. The Bertz CT molecular complexity index is 668. The van der Waals surface area contributed by atoms with Crippen molar-refractivity contribution in [3.05, 3.63) is 36.0 Å². The Labute approximate surface area is 106 Å². The first-order valence-corrected chi connectivity index (χ1v) is 7.28. The first kappa shape index (κ1) is 12.8. The van der Waals surface area contributed by atoms with Crippen LogP contribution in [0.1, 0.15) is 5.69 Å². The van der Waals surface area contributed by atoms with Crippen molar-refractivity contribution in [1.82, 2.24) is 4.98 Å². The fraction of sp³-hybridized carbons (Fsp3) is 0.250. The molecule has 0 spiro atoms. The Morgan fingerprint density at radius 3 is 2.78 bits per heavy atom. The van der Waals surface area contributed by atoms with Crippen LogP contribution in [0.5, 0.6) is 0 Å². The molecule has 0 radical (unpaired) electrons. The number of para-hydroxylation sites is 1. The quantitative estimate of drug-likeness (QED) is 0.871. The number of pyridine rings is 1. The van der Waals surface area contributed by atoms with Gasteiger partial charge in [-0.25, -0.2) is 13.6 Å². The van der Waals surface area contributed by atoms with Gasteiger partial charge in [0.1, 0.15) is 0 Å². The van der Waals surface area contributed by atoms with E-state index in [9.17, 15) is 8.42 Å². The fourth-order valence-corrected chi connectivity index (χ4v) is 2.17. The summed E-state index contributed by atoms with van der Waals surface area (Å²) in [6, 6.07) is 9.60. The number of anilines is 1. The average Bonchev–Trinajstić information content (AvgIpc) is 2.27. The molecule has 6 heteroatoms. The van der Waals surface area contributed by atoms with Crippen molar-refractivity contribution < 1.29 is 8.42 Å². The maximum absolute atomic E-state index is 10.9. The highest BCUT2D eigenvalue weighted by atomic mass is 32.2. The summed E-state index contributed by atoms with van der Waals surface area (Å²) in [5.41, 5.74) is 2.64. The highest BCUT2D eigenvalue weighted by Gasteiger charge is 2.05. The number of nitrogens with zero attached hydrogens (tertiary/aromatic N) is 1. The molecule has 0 unspecified atom stereocenters. The number of aryl methyl sites for hydroxylation is 1. The Hall–Kier alpha value is -1.66. The first-order chi connectivity index (χ1) is 8.46. The number of nitrogens with one attached hydrogen (secondary N) is 1. The van der Waals surface area contributed by atoms with Crippen molar-refractivity contribution in [3.8, 4) is 0 Å². The van der Waals surface area contributed by atoms with E-state index >= 15 is 0 Å². The molecule has 0 saturated carbocycles. The summed E-state index contributed by atoms with van der Waals surface area (Å²) >= 11 is 0. The molecule has 0 fully saturated rings. The molecule has 5 nitrogen and oxygen atoms in total. The maximum atomic E-state index is 10.9. The molecule has 2 aromatic rings. The average molecular weight is 265 g/mol. The molecule has 3 N–H and O–H groups in total. The molecular formula is C12H15N3O2S. The lowest BCUT2D eigenvalue weighted by atomic mass is 10.1. The number of rotatable bonds is 4. The van der Waals surface area contributed by atoms with E-state index < -0.39 is 10.0 Å². The Balaban J connectivity index is 2.27. The van der Waals surface area contributed by atoms with Crippen LogP contribution in [0.15, 0.2) is 30.3 Å². The monoisotopic (exact) mass is 265 g/mol. The lowest BCUT2D eigenvalue weighted by Gasteiger charge is -2.10. The normalized spacial score (nSPS) is 11.7. The second-order valence-electron chi connectivity index (χ2n) is 4.12. The zero-order valence-electron chi connectivity index (χ0n) is 10.1. The van der Waals surface area contributed by atoms with E-state index in [2.05, 4.69) is 10.3 Å². The molecule has 0 aliphatic carbocycles. The van der Waals surface area contributed by atoms with E-state index in [4.69, 9.17) is 5.14 Å². The van der Waals surface area contributed by atoms with E-state index in [-0.39, 0.29) is 12.3 Å². The molecule has 96 valence electrons. The zero-order chi connectivity index (χ0) is 13.2. The third kappa shape index (κ3) is 3.18. The van der Waals surface area contributed by atoms with Crippen LogP contribution in [-0.4, -0.2) is 25.7 Å². The summed E-state index contributed by atoms with van der Waals surface area (Å²) in [7, 11) is -3.44. The van der Waals surface area contributed by atoms with Gasteiger partial charge in [0, 0.05) is 23.3 Å². The molecule has 0 atom stereocenters. The number of benzene rings is 1. The SMILES string of the molecule is Cc1cc(NCCS(N)(=O)=O)c2ccccc2n1. The van der Waals surface area contributed by atoms with Crippen LogP contribution in [0.4, 0.5) is 5.69 Å². The van der Waals surface area contributed by atoms with E-state index in [1.807, 2.05) is 37.3 Å². The summed E-state index contributed by atoms with van der Waals surface area (Å²) in [4.78, 5) is 4.41. The van der Waals surface area contributed by atoms with Gasteiger partial charge in [-0.3, -0.25) is 4.98 Å². The van der Waals surface area contributed by atoms with Crippen LogP contribution < -0.4 is 10.5 Å². The van der Waals surface area contributed by atoms with E-state index in [1.54, 1.807) is 0 Å². The molecule has 2 rings (SSSR count).